The van der Waals surface area contributed by atoms with Crippen LogP contribution in [0.5, 0.6) is 0 Å². The second-order valence-electron chi connectivity index (χ2n) is 2.41. The zero-order valence-corrected chi connectivity index (χ0v) is 6.97. The predicted molar refractivity (Wildman–Crippen MR) is 46.8 cm³/mol. The molecule has 0 atom stereocenters. The number of hydrogen-bond donors (Lipinski definition) is 2. The molecule has 0 spiro atoms. The molecule has 62 valence electrons. The molecule has 0 saturated carbocycles. The molecular formula is C7H7ClN4. The maximum atomic E-state index is 5.86. The molecule has 2 rings (SSSR count). The van der Waals surface area contributed by atoms with E-state index in [1.165, 1.54) is 6.33 Å². The highest BCUT2D eigenvalue weighted by atomic mass is 35.5. The molecule has 5 heteroatoms. The van der Waals surface area contributed by atoms with Gasteiger partial charge >= 0.3 is 0 Å². The van der Waals surface area contributed by atoms with E-state index in [1.54, 1.807) is 6.20 Å². The Morgan fingerprint density at radius 2 is 2.33 bits per heavy atom. The second kappa shape index (κ2) is 2.73. The van der Waals surface area contributed by atoms with Crippen molar-refractivity contribution in [1.29, 1.82) is 0 Å². The van der Waals surface area contributed by atoms with Crippen LogP contribution in [-0.4, -0.2) is 15.0 Å². The van der Waals surface area contributed by atoms with E-state index < -0.39 is 0 Å². The maximum Gasteiger partial charge on any atom is 0.142 e. The zero-order valence-electron chi connectivity index (χ0n) is 6.21. The summed E-state index contributed by atoms with van der Waals surface area (Å²) in [5, 5.41) is 1.27. The Hall–Kier alpha value is -1.13. The second-order valence-corrected chi connectivity index (χ2v) is 2.76. The average molecular weight is 183 g/mol. The van der Waals surface area contributed by atoms with E-state index in [2.05, 4.69) is 15.0 Å². The fourth-order valence-electron chi connectivity index (χ4n) is 1.15. The highest BCUT2D eigenvalue weighted by molar-refractivity contribution is 6.34. The lowest BCUT2D eigenvalue weighted by Crippen LogP contribution is -1.95. The number of H-pyrrole nitrogens is 1. The van der Waals surface area contributed by atoms with Crippen LogP contribution in [-0.2, 0) is 6.54 Å². The third kappa shape index (κ3) is 0.964. The van der Waals surface area contributed by atoms with Crippen LogP contribution in [0.25, 0.3) is 11.0 Å². The molecule has 0 saturated heterocycles. The topological polar surface area (TPSA) is 67.6 Å². The van der Waals surface area contributed by atoms with Gasteiger partial charge in [0, 0.05) is 12.7 Å². The van der Waals surface area contributed by atoms with Crippen molar-refractivity contribution in [2.75, 3.05) is 0 Å². The van der Waals surface area contributed by atoms with Crippen LogP contribution in [0.2, 0.25) is 5.15 Å². The van der Waals surface area contributed by atoms with Crippen LogP contribution in [0.3, 0.4) is 0 Å². The minimum atomic E-state index is 0.438. The Morgan fingerprint density at radius 1 is 1.50 bits per heavy atom. The van der Waals surface area contributed by atoms with Crippen molar-refractivity contribution in [1.82, 2.24) is 15.0 Å². The molecule has 2 aromatic heterocycles. The van der Waals surface area contributed by atoms with Crippen molar-refractivity contribution in [2.45, 2.75) is 6.54 Å². The monoisotopic (exact) mass is 182 g/mol. The van der Waals surface area contributed by atoms with Crippen LogP contribution in [0, 0.1) is 0 Å². The number of fused-ring (bicyclic) bond motifs is 1. The standard InChI is InChI=1S/C7H7ClN4/c8-6-5-4(1-9)2-10-7(5)12-3-11-6/h2-3H,1,9H2,(H,10,11,12). The van der Waals surface area contributed by atoms with Gasteiger partial charge in [-0.3, -0.25) is 0 Å². The Bertz CT molecular complexity index is 409. The van der Waals surface area contributed by atoms with Gasteiger partial charge in [0.15, 0.2) is 0 Å². The van der Waals surface area contributed by atoms with Crippen LogP contribution in [0.15, 0.2) is 12.5 Å². The summed E-state index contributed by atoms with van der Waals surface area (Å²) in [6, 6.07) is 0. The minimum Gasteiger partial charge on any atom is -0.346 e. The third-order valence-electron chi connectivity index (χ3n) is 1.73. The smallest absolute Gasteiger partial charge is 0.142 e. The van der Waals surface area contributed by atoms with Crippen molar-refractivity contribution < 1.29 is 0 Å². The van der Waals surface area contributed by atoms with E-state index in [0.717, 1.165) is 16.6 Å². The van der Waals surface area contributed by atoms with E-state index >= 15 is 0 Å². The van der Waals surface area contributed by atoms with Crippen molar-refractivity contribution >= 4 is 22.6 Å². The molecule has 0 fully saturated rings. The summed E-state index contributed by atoms with van der Waals surface area (Å²) >= 11 is 5.86. The van der Waals surface area contributed by atoms with Gasteiger partial charge in [-0.15, -0.1) is 0 Å². The first-order chi connectivity index (χ1) is 5.83. The van der Waals surface area contributed by atoms with Gasteiger partial charge in [0.1, 0.15) is 17.1 Å². The van der Waals surface area contributed by atoms with Gasteiger partial charge in [-0.05, 0) is 5.56 Å². The summed E-state index contributed by atoms with van der Waals surface area (Å²) in [5.41, 5.74) is 7.17. The van der Waals surface area contributed by atoms with E-state index in [9.17, 15) is 0 Å². The summed E-state index contributed by atoms with van der Waals surface area (Å²) in [7, 11) is 0. The van der Waals surface area contributed by atoms with Crippen LogP contribution in [0.4, 0.5) is 0 Å². The van der Waals surface area contributed by atoms with Crippen LogP contribution >= 0.6 is 11.6 Å². The lowest BCUT2D eigenvalue weighted by atomic mass is 10.2. The average Bonchev–Trinajstić information content (AvgIpc) is 2.49. The lowest BCUT2D eigenvalue weighted by Gasteiger charge is -1.94. The SMILES string of the molecule is NCc1c[nH]c2ncnc(Cl)c12. The van der Waals surface area contributed by atoms with Gasteiger partial charge in [-0.1, -0.05) is 11.6 Å². The lowest BCUT2D eigenvalue weighted by molar-refractivity contribution is 1.08. The van der Waals surface area contributed by atoms with Gasteiger partial charge < -0.3 is 10.7 Å². The Labute approximate surface area is 73.8 Å². The van der Waals surface area contributed by atoms with Crippen molar-refractivity contribution in [3.8, 4) is 0 Å². The number of aromatic nitrogens is 3. The molecule has 0 bridgehead atoms. The fraction of sp³-hybridized carbons (Fsp3) is 0.143. The molecule has 4 nitrogen and oxygen atoms in total. The van der Waals surface area contributed by atoms with Gasteiger partial charge in [0.05, 0.1) is 5.39 Å². The number of nitrogens with zero attached hydrogens (tertiary/aromatic N) is 2. The largest absolute Gasteiger partial charge is 0.346 e. The molecular weight excluding hydrogens is 176 g/mol. The van der Waals surface area contributed by atoms with Gasteiger partial charge in [-0.2, -0.15) is 0 Å². The first kappa shape index (κ1) is 7.52. The molecule has 0 aliphatic heterocycles. The van der Waals surface area contributed by atoms with Crippen LogP contribution in [0.1, 0.15) is 5.56 Å². The van der Waals surface area contributed by atoms with E-state index in [-0.39, 0.29) is 0 Å². The van der Waals surface area contributed by atoms with E-state index in [4.69, 9.17) is 17.3 Å². The molecule has 0 unspecified atom stereocenters. The Kier molecular flexibility index (Phi) is 1.71. The Balaban J connectivity index is 2.83. The first-order valence-electron chi connectivity index (χ1n) is 3.49. The summed E-state index contributed by atoms with van der Waals surface area (Å²) < 4.78 is 0. The molecule has 2 aromatic rings. The Morgan fingerprint density at radius 3 is 3.08 bits per heavy atom. The van der Waals surface area contributed by atoms with Crippen LogP contribution < -0.4 is 5.73 Å². The van der Waals surface area contributed by atoms with Crippen molar-refractivity contribution in [3.63, 3.8) is 0 Å². The molecule has 0 aliphatic rings. The summed E-state index contributed by atoms with van der Waals surface area (Å²) in [5.74, 6) is 0. The van der Waals surface area contributed by atoms with Crippen molar-refractivity contribution in [3.05, 3.63) is 23.2 Å². The summed E-state index contributed by atoms with van der Waals surface area (Å²) in [4.78, 5) is 10.8. The molecule has 12 heavy (non-hydrogen) atoms. The maximum absolute atomic E-state index is 5.86. The highest BCUT2D eigenvalue weighted by Crippen LogP contribution is 2.21. The number of nitrogens with two attached hydrogens (primary N) is 1. The number of rotatable bonds is 1. The quantitative estimate of drug-likeness (QED) is 0.649. The van der Waals surface area contributed by atoms with E-state index in [1.807, 2.05) is 0 Å². The van der Waals surface area contributed by atoms with Gasteiger partial charge in [0.25, 0.3) is 0 Å². The third-order valence-corrected chi connectivity index (χ3v) is 2.01. The normalized spacial score (nSPS) is 10.8. The highest BCUT2D eigenvalue weighted by Gasteiger charge is 2.06. The van der Waals surface area contributed by atoms with Gasteiger partial charge in [0.2, 0.25) is 0 Å². The molecule has 3 N–H and O–H groups in total. The molecule has 0 aromatic carbocycles. The fourth-order valence-corrected chi connectivity index (χ4v) is 1.40. The number of nitrogens with one attached hydrogen (secondary N) is 1. The predicted octanol–water partition coefficient (Wildman–Crippen LogP) is 1.07. The molecule has 0 amide bonds. The number of hydrogen-bond acceptors (Lipinski definition) is 3. The number of halogens is 1. The number of aromatic amines is 1. The molecule has 0 aliphatic carbocycles. The summed E-state index contributed by atoms with van der Waals surface area (Å²) in [6.45, 7) is 0.438. The first-order valence-corrected chi connectivity index (χ1v) is 3.87. The van der Waals surface area contributed by atoms with Gasteiger partial charge in [-0.25, -0.2) is 9.97 Å². The summed E-state index contributed by atoms with van der Waals surface area (Å²) in [6.07, 6.45) is 3.21. The van der Waals surface area contributed by atoms with E-state index in [0.29, 0.717) is 11.7 Å². The zero-order chi connectivity index (χ0) is 8.55. The molecule has 0 radical (unpaired) electrons. The molecule has 2 heterocycles. The minimum absolute atomic E-state index is 0.438. The van der Waals surface area contributed by atoms with Crippen molar-refractivity contribution in [2.24, 2.45) is 5.73 Å².